The number of rotatable bonds is 4. The first-order valence-corrected chi connectivity index (χ1v) is 9.67. The summed E-state index contributed by atoms with van der Waals surface area (Å²) in [5, 5.41) is 13.6. The van der Waals surface area contributed by atoms with E-state index in [0.29, 0.717) is 18.1 Å². The zero-order valence-electron chi connectivity index (χ0n) is 15.9. The van der Waals surface area contributed by atoms with Crippen LogP contribution in [0.5, 0.6) is 0 Å². The quantitative estimate of drug-likeness (QED) is 0.767. The molecular weight excluding hydrogens is 338 g/mol. The average molecular weight is 365 g/mol. The summed E-state index contributed by atoms with van der Waals surface area (Å²) in [4.78, 5) is 11.5. The summed E-state index contributed by atoms with van der Waals surface area (Å²) in [6, 6.07) is 8.55. The van der Waals surface area contributed by atoms with Gasteiger partial charge < -0.3 is 21.1 Å². The van der Waals surface area contributed by atoms with E-state index in [-0.39, 0.29) is 12.0 Å². The summed E-state index contributed by atoms with van der Waals surface area (Å²) in [6.45, 7) is 6.09. The van der Waals surface area contributed by atoms with Crippen LogP contribution in [-0.4, -0.2) is 34.2 Å². The van der Waals surface area contributed by atoms with E-state index in [1.807, 2.05) is 18.3 Å². The Morgan fingerprint density at radius 3 is 2.67 bits per heavy atom. The maximum absolute atomic E-state index is 10.3. The van der Waals surface area contributed by atoms with Crippen LogP contribution in [-0.2, 0) is 6.42 Å². The van der Waals surface area contributed by atoms with Crippen molar-refractivity contribution in [3.05, 3.63) is 47.5 Å². The van der Waals surface area contributed by atoms with E-state index in [2.05, 4.69) is 41.2 Å². The second-order valence-corrected chi connectivity index (χ2v) is 7.75. The van der Waals surface area contributed by atoms with E-state index in [1.165, 1.54) is 5.69 Å². The topological polar surface area (TPSA) is 87.3 Å². The lowest BCUT2D eigenvalue weighted by Crippen LogP contribution is -2.26. The zero-order valence-corrected chi connectivity index (χ0v) is 15.9. The Bertz CT molecular complexity index is 859. The predicted octanol–water partition coefficient (Wildman–Crippen LogP) is 3.63. The summed E-state index contributed by atoms with van der Waals surface area (Å²) >= 11 is 0. The Morgan fingerprint density at radius 1 is 1.22 bits per heavy atom. The number of aliphatic hydroxyl groups excluding tert-OH is 1. The maximum atomic E-state index is 10.3. The highest BCUT2D eigenvalue weighted by atomic mass is 16.3. The van der Waals surface area contributed by atoms with Crippen molar-refractivity contribution < 1.29 is 5.11 Å². The maximum Gasteiger partial charge on any atom is 0.227 e. The number of nitrogens with two attached hydrogens (primary N) is 1. The molecule has 6 heteroatoms. The van der Waals surface area contributed by atoms with Crippen molar-refractivity contribution in [2.45, 2.75) is 39.2 Å². The lowest BCUT2D eigenvalue weighted by atomic mass is 9.88. The number of fused-ring (bicyclic) bond motifs is 1. The van der Waals surface area contributed by atoms with E-state index in [0.717, 1.165) is 48.4 Å². The molecule has 1 fully saturated rings. The van der Waals surface area contributed by atoms with Crippen molar-refractivity contribution in [3.63, 3.8) is 0 Å². The molecule has 0 bridgehead atoms. The standard InChI is InChI=1S/C21H27N5O/c1-13(2)19-18(27)8-3-14-11-23-21(25-20(14)19)24-16-4-6-17(7-5-16)26-10-9-15(22)12-26/h4-7,11,13,15,27H,3,8-10,12,22H2,1-2H3,(H,23,24,25). The third kappa shape index (κ3) is 3.62. The van der Waals surface area contributed by atoms with Crippen LogP contribution < -0.4 is 16.0 Å². The van der Waals surface area contributed by atoms with Gasteiger partial charge in [0.1, 0.15) is 0 Å². The van der Waals surface area contributed by atoms with Gasteiger partial charge in [-0.1, -0.05) is 13.8 Å². The number of anilines is 3. The minimum atomic E-state index is 0.220. The lowest BCUT2D eigenvalue weighted by Gasteiger charge is -2.22. The number of hydrogen-bond acceptors (Lipinski definition) is 6. The number of aryl methyl sites for hydroxylation is 1. The smallest absolute Gasteiger partial charge is 0.227 e. The number of aromatic nitrogens is 2. The first kappa shape index (κ1) is 17.8. The van der Waals surface area contributed by atoms with Gasteiger partial charge in [-0.25, -0.2) is 9.97 Å². The van der Waals surface area contributed by atoms with Crippen molar-refractivity contribution in [2.75, 3.05) is 23.3 Å². The van der Waals surface area contributed by atoms with Gasteiger partial charge in [-0.2, -0.15) is 0 Å². The van der Waals surface area contributed by atoms with Gasteiger partial charge >= 0.3 is 0 Å². The molecule has 1 aromatic heterocycles. The van der Waals surface area contributed by atoms with Gasteiger partial charge in [-0.15, -0.1) is 0 Å². The third-order valence-corrected chi connectivity index (χ3v) is 5.35. The lowest BCUT2D eigenvalue weighted by molar-refractivity contribution is 0.383. The van der Waals surface area contributed by atoms with Crippen LogP contribution >= 0.6 is 0 Å². The number of allylic oxidation sites excluding steroid dienone is 2. The molecule has 1 aliphatic carbocycles. The van der Waals surface area contributed by atoms with Crippen molar-refractivity contribution in [1.82, 2.24) is 9.97 Å². The minimum absolute atomic E-state index is 0.220. The molecule has 27 heavy (non-hydrogen) atoms. The van der Waals surface area contributed by atoms with Crippen LogP contribution in [0.15, 0.2) is 36.2 Å². The van der Waals surface area contributed by atoms with Gasteiger partial charge in [0.2, 0.25) is 5.95 Å². The third-order valence-electron chi connectivity index (χ3n) is 5.35. The molecule has 1 unspecified atom stereocenters. The molecule has 0 spiro atoms. The van der Waals surface area contributed by atoms with Gasteiger partial charge in [0.05, 0.1) is 11.5 Å². The molecule has 2 aromatic rings. The van der Waals surface area contributed by atoms with Gasteiger partial charge in [0, 0.05) is 48.7 Å². The van der Waals surface area contributed by atoms with Crippen LogP contribution in [0.2, 0.25) is 0 Å². The van der Waals surface area contributed by atoms with Crippen molar-refractivity contribution in [3.8, 4) is 0 Å². The van der Waals surface area contributed by atoms with Gasteiger partial charge in [0.25, 0.3) is 0 Å². The number of hydrogen-bond donors (Lipinski definition) is 3. The fourth-order valence-electron chi connectivity index (χ4n) is 3.92. The number of nitrogens with one attached hydrogen (secondary N) is 1. The van der Waals surface area contributed by atoms with E-state index >= 15 is 0 Å². The van der Waals surface area contributed by atoms with E-state index < -0.39 is 0 Å². The minimum Gasteiger partial charge on any atom is -0.512 e. The molecule has 4 rings (SSSR count). The summed E-state index contributed by atoms with van der Waals surface area (Å²) in [5.74, 6) is 1.23. The van der Waals surface area contributed by atoms with Crippen LogP contribution in [0.1, 0.15) is 37.9 Å². The molecular formula is C21H27N5O. The summed E-state index contributed by atoms with van der Waals surface area (Å²) in [7, 11) is 0. The van der Waals surface area contributed by atoms with E-state index in [1.54, 1.807) is 0 Å². The van der Waals surface area contributed by atoms with E-state index in [4.69, 9.17) is 10.7 Å². The average Bonchev–Trinajstić information content (AvgIpc) is 3.08. The normalized spacial score (nSPS) is 19.6. The molecule has 0 amide bonds. The Hall–Kier alpha value is -2.60. The molecule has 2 aliphatic rings. The largest absolute Gasteiger partial charge is 0.512 e. The molecule has 0 saturated carbocycles. The fourth-order valence-corrected chi connectivity index (χ4v) is 3.92. The van der Waals surface area contributed by atoms with Gasteiger partial charge in [-0.05, 0) is 48.6 Å². The first-order chi connectivity index (χ1) is 13.0. The summed E-state index contributed by atoms with van der Waals surface area (Å²) < 4.78 is 0. The van der Waals surface area contributed by atoms with Crippen LogP contribution in [0.4, 0.5) is 17.3 Å². The first-order valence-electron chi connectivity index (χ1n) is 9.67. The molecule has 1 aliphatic heterocycles. The number of benzene rings is 1. The molecule has 142 valence electrons. The highest BCUT2D eigenvalue weighted by Crippen LogP contribution is 2.34. The molecule has 1 atom stereocenters. The Morgan fingerprint density at radius 2 is 2.00 bits per heavy atom. The van der Waals surface area contributed by atoms with Crippen molar-refractivity contribution >= 4 is 22.9 Å². The van der Waals surface area contributed by atoms with Gasteiger partial charge in [-0.3, -0.25) is 0 Å². The highest BCUT2D eigenvalue weighted by molar-refractivity contribution is 5.71. The van der Waals surface area contributed by atoms with Crippen molar-refractivity contribution in [2.24, 2.45) is 11.7 Å². The highest BCUT2D eigenvalue weighted by Gasteiger charge is 2.23. The zero-order chi connectivity index (χ0) is 19.0. The van der Waals surface area contributed by atoms with E-state index in [9.17, 15) is 5.11 Å². The summed E-state index contributed by atoms with van der Waals surface area (Å²) in [6.07, 6.45) is 4.36. The predicted molar refractivity (Wildman–Crippen MR) is 109 cm³/mol. The monoisotopic (exact) mass is 365 g/mol. The second-order valence-electron chi connectivity index (χ2n) is 7.75. The molecule has 0 radical (unpaired) electrons. The number of nitrogens with zero attached hydrogens (tertiary/aromatic N) is 3. The second kappa shape index (κ2) is 7.19. The molecule has 6 nitrogen and oxygen atoms in total. The fraction of sp³-hybridized carbons (Fsp3) is 0.429. The molecule has 1 saturated heterocycles. The van der Waals surface area contributed by atoms with Crippen LogP contribution in [0.3, 0.4) is 0 Å². The SMILES string of the molecule is CC(C)C1=C(O)CCc2cnc(Nc3ccc(N4CCC(N)C4)cc3)nc21. The van der Waals surface area contributed by atoms with Crippen molar-refractivity contribution in [1.29, 1.82) is 0 Å². The number of aliphatic hydroxyl groups is 1. The molecule has 2 heterocycles. The Labute approximate surface area is 160 Å². The van der Waals surface area contributed by atoms with Crippen LogP contribution in [0, 0.1) is 5.92 Å². The Kier molecular flexibility index (Phi) is 4.74. The van der Waals surface area contributed by atoms with Gasteiger partial charge in [0.15, 0.2) is 0 Å². The molecule has 4 N–H and O–H groups in total. The molecule has 1 aromatic carbocycles. The van der Waals surface area contributed by atoms with Crippen LogP contribution in [0.25, 0.3) is 5.57 Å². The Balaban J connectivity index is 1.54. The summed E-state index contributed by atoms with van der Waals surface area (Å²) in [5.41, 5.74) is 11.0.